The number of para-hydroxylation sites is 2. The summed E-state index contributed by atoms with van der Waals surface area (Å²) in [7, 11) is 0. The Kier molecular flexibility index (Phi) is 8.62. The van der Waals surface area contributed by atoms with Crippen molar-refractivity contribution in [1.82, 2.24) is 14.5 Å². The van der Waals surface area contributed by atoms with Crippen LogP contribution in [0.3, 0.4) is 0 Å². The fourth-order valence-corrected chi connectivity index (χ4v) is 6.80. The van der Waals surface area contributed by atoms with Crippen molar-refractivity contribution in [3.8, 4) is 45.2 Å². The van der Waals surface area contributed by atoms with Crippen molar-refractivity contribution in [2.45, 2.75) is 105 Å². The normalized spacial score (nSPS) is 12.9. The van der Waals surface area contributed by atoms with Crippen LogP contribution in [0, 0.1) is 0 Å². The Balaban J connectivity index is 1.76. The van der Waals surface area contributed by atoms with Gasteiger partial charge in [0.2, 0.25) is 0 Å². The predicted molar refractivity (Wildman–Crippen MR) is 212 cm³/mol. The molecule has 2 aromatic heterocycles. The van der Waals surface area contributed by atoms with Crippen LogP contribution in [0.1, 0.15) is 105 Å². The van der Waals surface area contributed by atoms with Crippen LogP contribution in [0.2, 0.25) is 0 Å². The maximum absolute atomic E-state index is 11.4. The molecule has 1 N–H and O–H groups in total. The zero-order valence-electron chi connectivity index (χ0n) is 32.0. The van der Waals surface area contributed by atoms with E-state index in [-0.39, 0.29) is 27.4 Å². The number of phenols is 1. The Morgan fingerprint density at radius 2 is 1.14 bits per heavy atom. The lowest BCUT2D eigenvalue weighted by Crippen LogP contribution is -2.22. The number of benzene rings is 4. The minimum Gasteiger partial charge on any atom is -0.507 e. The number of hydrogen-bond acceptors (Lipinski definition) is 3. The van der Waals surface area contributed by atoms with Gasteiger partial charge in [-0.15, -0.1) is 0 Å². The molecule has 0 aliphatic heterocycles. The lowest BCUT2D eigenvalue weighted by molar-refractivity contribution is 0.477. The molecule has 0 saturated carbocycles. The third-order valence-corrected chi connectivity index (χ3v) is 9.74. The molecule has 0 bridgehead atoms. The summed E-state index contributed by atoms with van der Waals surface area (Å²) in [5.74, 6) is 0.933. The van der Waals surface area contributed by atoms with Crippen LogP contribution < -0.4 is 0 Å². The minimum atomic E-state index is -0.156. The second-order valence-corrected chi connectivity index (χ2v) is 17.9. The first-order valence-electron chi connectivity index (χ1n) is 17.8. The average molecular weight is 664 g/mol. The molecule has 6 aromatic rings. The van der Waals surface area contributed by atoms with Gasteiger partial charge in [-0.05, 0) is 91.9 Å². The number of pyridine rings is 1. The van der Waals surface area contributed by atoms with Crippen LogP contribution in [0.15, 0.2) is 97.2 Å². The van der Waals surface area contributed by atoms with E-state index in [4.69, 9.17) is 9.97 Å². The number of hydrogen-bond donors (Lipinski definition) is 1. The highest BCUT2D eigenvalue weighted by atomic mass is 16.3. The van der Waals surface area contributed by atoms with Crippen molar-refractivity contribution in [3.63, 3.8) is 0 Å². The fraction of sp³-hybridized carbons (Fsp3) is 0.348. The highest BCUT2D eigenvalue weighted by Gasteiger charge is 2.31. The molecule has 0 atom stereocenters. The quantitative estimate of drug-likeness (QED) is 0.204. The average Bonchev–Trinajstić information content (AvgIpc) is 3.41. The van der Waals surface area contributed by atoms with Crippen molar-refractivity contribution < 1.29 is 5.11 Å². The van der Waals surface area contributed by atoms with Crippen LogP contribution in [0.25, 0.3) is 50.5 Å². The van der Waals surface area contributed by atoms with Gasteiger partial charge in [-0.3, -0.25) is 9.55 Å². The van der Waals surface area contributed by atoms with Crippen LogP contribution in [-0.4, -0.2) is 19.6 Å². The molecule has 2 heterocycles. The van der Waals surface area contributed by atoms with E-state index < -0.39 is 0 Å². The summed E-state index contributed by atoms with van der Waals surface area (Å²) in [5, 5.41) is 11.4. The first-order chi connectivity index (χ1) is 23.2. The Morgan fingerprint density at radius 1 is 0.540 bits per heavy atom. The number of imidazole rings is 1. The number of nitrogens with zero attached hydrogens (tertiary/aromatic N) is 3. The Hall–Kier alpha value is -4.70. The monoisotopic (exact) mass is 663 g/mol. The van der Waals surface area contributed by atoms with Gasteiger partial charge in [0.15, 0.2) is 0 Å². The molecule has 258 valence electrons. The van der Waals surface area contributed by atoms with Gasteiger partial charge >= 0.3 is 0 Å². The molecule has 4 heteroatoms. The van der Waals surface area contributed by atoms with E-state index in [9.17, 15) is 5.11 Å². The van der Waals surface area contributed by atoms with Crippen LogP contribution in [0.5, 0.6) is 5.75 Å². The van der Waals surface area contributed by atoms with E-state index in [0.29, 0.717) is 5.56 Å². The molecule has 0 saturated heterocycles. The molecule has 50 heavy (non-hydrogen) atoms. The summed E-state index contributed by atoms with van der Waals surface area (Å²) in [6.45, 7) is 27.2. The van der Waals surface area contributed by atoms with Crippen molar-refractivity contribution in [3.05, 3.63) is 119 Å². The van der Waals surface area contributed by atoms with E-state index in [1.54, 1.807) is 6.07 Å². The summed E-state index contributed by atoms with van der Waals surface area (Å²) in [6.07, 6.45) is 1.92. The Morgan fingerprint density at radius 3 is 1.74 bits per heavy atom. The van der Waals surface area contributed by atoms with E-state index in [0.717, 1.165) is 44.9 Å². The second-order valence-electron chi connectivity index (χ2n) is 17.9. The summed E-state index contributed by atoms with van der Waals surface area (Å²) in [5.41, 5.74) is 12.4. The molecule has 4 nitrogen and oxygen atoms in total. The summed E-state index contributed by atoms with van der Waals surface area (Å²) in [4.78, 5) is 10.3. The zero-order valence-corrected chi connectivity index (χ0v) is 32.0. The molecule has 0 spiro atoms. The first-order valence-corrected chi connectivity index (χ1v) is 17.8. The molecule has 0 aliphatic rings. The van der Waals surface area contributed by atoms with Gasteiger partial charge in [0.05, 0.1) is 28.0 Å². The minimum absolute atomic E-state index is 0.0178. The number of rotatable bonds is 4. The lowest BCUT2D eigenvalue weighted by atomic mass is 9.78. The fourth-order valence-electron chi connectivity index (χ4n) is 6.80. The van der Waals surface area contributed by atoms with Crippen LogP contribution in [0.4, 0.5) is 0 Å². The van der Waals surface area contributed by atoms with Gasteiger partial charge in [0.25, 0.3) is 0 Å². The Labute approximate surface area is 299 Å². The molecular formula is C46H53N3O. The van der Waals surface area contributed by atoms with E-state index >= 15 is 0 Å². The molecule has 0 fully saturated rings. The molecule has 0 unspecified atom stereocenters. The highest BCUT2D eigenvalue weighted by molar-refractivity contribution is 5.97. The predicted octanol–water partition coefficient (Wildman–Crippen LogP) is 12.3. The molecule has 0 radical (unpaired) electrons. The second kappa shape index (κ2) is 12.3. The number of aromatic hydroxyl groups is 1. The van der Waals surface area contributed by atoms with Crippen molar-refractivity contribution >= 4 is 11.0 Å². The molecule has 6 rings (SSSR count). The van der Waals surface area contributed by atoms with E-state index in [1.165, 1.54) is 22.3 Å². The topological polar surface area (TPSA) is 50.9 Å². The molecule has 0 amide bonds. The SMILES string of the molecule is CC(C)(C)c1ccnc(-c2cccc(-c3cc(C(C)(C)C)cc4c3nc(-c3ccccc3O)n4-c3c(C(C)(C)C)cccc3C(C)(C)C)c2)c1. The number of phenolic OH excluding ortho intramolecular Hbond substituents is 1. The maximum atomic E-state index is 11.4. The van der Waals surface area contributed by atoms with Crippen molar-refractivity contribution in [2.24, 2.45) is 0 Å². The smallest absolute Gasteiger partial charge is 0.149 e. The third-order valence-electron chi connectivity index (χ3n) is 9.74. The van der Waals surface area contributed by atoms with Crippen molar-refractivity contribution in [1.29, 1.82) is 0 Å². The summed E-state index contributed by atoms with van der Waals surface area (Å²) < 4.78 is 2.34. The van der Waals surface area contributed by atoms with Gasteiger partial charge in [-0.25, -0.2) is 4.98 Å². The van der Waals surface area contributed by atoms with E-state index in [2.05, 4.69) is 154 Å². The third kappa shape index (κ3) is 6.61. The molecule has 4 aromatic carbocycles. The maximum Gasteiger partial charge on any atom is 0.149 e. The van der Waals surface area contributed by atoms with E-state index in [1.807, 2.05) is 24.4 Å². The van der Waals surface area contributed by atoms with Gasteiger partial charge in [0, 0.05) is 17.3 Å². The lowest BCUT2D eigenvalue weighted by Gasteiger charge is -2.31. The Bertz CT molecular complexity index is 2180. The largest absolute Gasteiger partial charge is 0.507 e. The molecular weight excluding hydrogens is 611 g/mol. The van der Waals surface area contributed by atoms with Gasteiger partial charge in [0.1, 0.15) is 11.6 Å². The number of aromatic nitrogens is 3. The number of fused-ring (bicyclic) bond motifs is 1. The summed E-state index contributed by atoms with van der Waals surface area (Å²) >= 11 is 0. The van der Waals surface area contributed by atoms with Crippen LogP contribution >= 0.6 is 0 Å². The highest BCUT2D eigenvalue weighted by Crippen LogP contribution is 2.45. The zero-order chi connectivity index (χ0) is 36.4. The van der Waals surface area contributed by atoms with Gasteiger partial charge in [-0.2, -0.15) is 0 Å². The standard InChI is InChI=1S/C46H53N3O/c1-43(2,3)31-23-24-47-37(27-31)30-18-15-17-29(25-30)34-26-32(44(4,5)6)28-38-40(34)48-42(33-19-13-14-22-39(33)50)49(38)41-35(45(7,8)9)20-16-21-36(41)46(10,11)12/h13-28,50H,1-12H3. The van der Waals surface area contributed by atoms with Crippen molar-refractivity contribution in [2.75, 3.05) is 0 Å². The van der Waals surface area contributed by atoms with Gasteiger partial charge < -0.3 is 5.11 Å². The van der Waals surface area contributed by atoms with Gasteiger partial charge in [-0.1, -0.05) is 132 Å². The van der Waals surface area contributed by atoms with Crippen LogP contribution in [-0.2, 0) is 21.7 Å². The molecule has 0 aliphatic carbocycles. The first kappa shape index (κ1) is 35.1. The summed E-state index contributed by atoms with van der Waals surface area (Å²) in [6, 6.07) is 31.9.